The number of hydrogen-bond donors (Lipinski definition) is 1. The molecule has 3 aromatic rings. The molecule has 1 N–H and O–H groups in total. The first-order valence-electron chi connectivity index (χ1n) is 9.48. The number of rotatable bonds is 9. The molecule has 2 aromatic carbocycles. The van der Waals surface area contributed by atoms with E-state index >= 15 is 0 Å². The van der Waals surface area contributed by atoms with E-state index in [1.54, 1.807) is 24.3 Å². The highest BCUT2D eigenvalue weighted by atomic mass is 35.5. The van der Waals surface area contributed by atoms with Gasteiger partial charge in [0.2, 0.25) is 0 Å². The second-order valence-electron chi connectivity index (χ2n) is 6.35. The Morgan fingerprint density at radius 1 is 1.28 bits per heavy atom. The zero-order chi connectivity index (χ0) is 22.9. The Morgan fingerprint density at radius 2 is 2.09 bits per heavy atom. The lowest BCUT2D eigenvalue weighted by Gasteiger charge is -2.15. The van der Waals surface area contributed by atoms with Gasteiger partial charge in [-0.05, 0) is 36.8 Å². The van der Waals surface area contributed by atoms with Gasteiger partial charge in [0.05, 0.1) is 34.4 Å². The summed E-state index contributed by atoms with van der Waals surface area (Å²) >= 11 is 6.42. The van der Waals surface area contributed by atoms with E-state index < -0.39 is 4.92 Å². The molecule has 1 aromatic heterocycles. The number of pyridine rings is 1. The molecule has 162 valence electrons. The summed E-state index contributed by atoms with van der Waals surface area (Å²) < 4.78 is 11.5. The summed E-state index contributed by atoms with van der Waals surface area (Å²) in [6.07, 6.45) is 2.64. The van der Waals surface area contributed by atoms with Gasteiger partial charge in [-0.15, -0.1) is 0 Å². The predicted octanol–water partition coefficient (Wildman–Crippen LogP) is 4.94. The maximum absolute atomic E-state index is 10.7. The third-order valence-electron chi connectivity index (χ3n) is 4.19. The summed E-state index contributed by atoms with van der Waals surface area (Å²) in [5.41, 5.74) is 4.48. The van der Waals surface area contributed by atoms with E-state index in [9.17, 15) is 15.4 Å². The van der Waals surface area contributed by atoms with Crippen molar-refractivity contribution in [1.29, 1.82) is 5.26 Å². The molecule has 0 atom stereocenters. The van der Waals surface area contributed by atoms with Crippen LogP contribution in [0.1, 0.15) is 23.6 Å². The number of benzene rings is 2. The van der Waals surface area contributed by atoms with E-state index in [1.807, 2.05) is 19.1 Å². The normalized spacial score (nSPS) is 10.5. The molecular weight excluding hydrogens is 434 g/mol. The molecule has 0 aliphatic carbocycles. The van der Waals surface area contributed by atoms with Gasteiger partial charge in [-0.1, -0.05) is 29.8 Å². The molecule has 0 amide bonds. The van der Waals surface area contributed by atoms with Crippen LogP contribution in [0.5, 0.6) is 11.5 Å². The summed E-state index contributed by atoms with van der Waals surface area (Å²) in [6.45, 7) is 2.39. The standard InChI is InChI=1S/C22H18ClN5O4/c1-2-31-20-10-15(12-26-27-21-8-7-18(13-25-21)28(29)30)9-19(23)22(20)32-14-17-6-4-3-5-16(17)11-24/h3-10,12-13H,2,14H2,1H3,(H,25,27)/b26-12+. The Hall–Kier alpha value is -4.16. The number of hydrazone groups is 1. The number of nitrogens with one attached hydrogen (secondary N) is 1. The van der Waals surface area contributed by atoms with Gasteiger partial charge < -0.3 is 9.47 Å². The molecule has 0 fully saturated rings. The lowest BCUT2D eigenvalue weighted by atomic mass is 10.1. The molecule has 0 aliphatic rings. The Balaban J connectivity index is 1.75. The third-order valence-corrected chi connectivity index (χ3v) is 4.47. The number of anilines is 1. The van der Waals surface area contributed by atoms with Crippen LogP contribution in [-0.2, 0) is 6.61 Å². The number of halogens is 1. The number of nitro groups is 1. The van der Waals surface area contributed by atoms with Crippen LogP contribution in [0.4, 0.5) is 11.5 Å². The first-order chi connectivity index (χ1) is 15.5. The molecule has 1 heterocycles. The Morgan fingerprint density at radius 3 is 2.78 bits per heavy atom. The largest absolute Gasteiger partial charge is 0.490 e. The Labute approximate surface area is 189 Å². The highest BCUT2D eigenvalue weighted by Crippen LogP contribution is 2.37. The maximum Gasteiger partial charge on any atom is 0.287 e. The molecule has 10 heteroatoms. The van der Waals surface area contributed by atoms with Crippen molar-refractivity contribution in [2.75, 3.05) is 12.0 Å². The molecule has 32 heavy (non-hydrogen) atoms. The highest BCUT2D eigenvalue weighted by molar-refractivity contribution is 6.32. The maximum atomic E-state index is 10.7. The molecular formula is C22H18ClN5O4. The van der Waals surface area contributed by atoms with Crippen LogP contribution in [0.3, 0.4) is 0 Å². The van der Waals surface area contributed by atoms with Gasteiger partial charge in [0.25, 0.3) is 5.69 Å². The fraction of sp³-hybridized carbons (Fsp3) is 0.136. The number of ether oxygens (including phenoxy) is 2. The number of aromatic nitrogens is 1. The third kappa shape index (κ3) is 5.71. The van der Waals surface area contributed by atoms with Crippen LogP contribution in [0.2, 0.25) is 5.02 Å². The topological polar surface area (TPSA) is 123 Å². The van der Waals surface area contributed by atoms with Crippen molar-refractivity contribution in [2.24, 2.45) is 5.10 Å². The van der Waals surface area contributed by atoms with Crippen molar-refractivity contribution in [3.8, 4) is 17.6 Å². The summed E-state index contributed by atoms with van der Waals surface area (Å²) in [5, 5.41) is 24.3. The molecule has 0 spiro atoms. The molecule has 9 nitrogen and oxygen atoms in total. The number of hydrogen-bond acceptors (Lipinski definition) is 8. The van der Waals surface area contributed by atoms with E-state index in [0.717, 1.165) is 11.8 Å². The zero-order valence-electron chi connectivity index (χ0n) is 17.0. The quantitative estimate of drug-likeness (QED) is 0.277. The molecule has 0 saturated heterocycles. The first kappa shape index (κ1) is 22.5. The monoisotopic (exact) mass is 451 g/mol. The van der Waals surface area contributed by atoms with E-state index in [4.69, 9.17) is 21.1 Å². The fourth-order valence-electron chi connectivity index (χ4n) is 2.70. The van der Waals surface area contributed by atoms with Crippen LogP contribution in [-0.4, -0.2) is 22.7 Å². The van der Waals surface area contributed by atoms with Crippen molar-refractivity contribution in [3.05, 3.63) is 86.6 Å². The minimum atomic E-state index is -0.528. The summed E-state index contributed by atoms with van der Waals surface area (Å²) in [5.74, 6) is 1.15. The lowest BCUT2D eigenvalue weighted by Crippen LogP contribution is -2.03. The van der Waals surface area contributed by atoms with Gasteiger partial charge in [0.1, 0.15) is 18.6 Å². The number of nitrogens with zero attached hydrogens (tertiary/aromatic N) is 4. The van der Waals surface area contributed by atoms with Crippen LogP contribution in [0.25, 0.3) is 0 Å². The molecule has 0 radical (unpaired) electrons. The van der Waals surface area contributed by atoms with Gasteiger partial charge in [-0.25, -0.2) is 4.98 Å². The van der Waals surface area contributed by atoms with Crippen molar-refractivity contribution >= 4 is 29.3 Å². The minimum Gasteiger partial charge on any atom is -0.490 e. The van der Waals surface area contributed by atoms with E-state index in [-0.39, 0.29) is 12.3 Å². The highest BCUT2D eigenvalue weighted by Gasteiger charge is 2.13. The molecule has 0 aliphatic heterocycles. The smallest absolute Gasteiger partial charge is 0.287 e. The molecule has 0 unspecified atom stereocenters. The van der Waals surface area contributed by atoms with Crippen LogP contribution < -0.4 is 14.9 Å². The molecule has 3 rings (SSSR count). The lowest BCUT2D eigenvalue weighted by molar-refractivity contribution is -0.385. The molecule has 0 bridgehead atoms. The van der Waals surface area contributed by atoms with E-state index in [2.05, 4.69) is 21.6 Å². The van der Waals surface area contributed by atoms with Gasteiger partial charge in [-0.2, -0.15) is 10.4 Å². The fourth-order valence-corrected chi connectivity index (χ4v) is 2.98. The van der Waals surface area contributed by atoms with E-state index in [1.165, 1.54) is 18.3 Å². The van der Waals surface area contributed by atoms with Gasteiger partial charge in [0.15, 0.2) is 11.5 Å². The molecule has 0 saturated carbocycles. The van der Waals surface area contributed by atoms with Crippen molar-refractivity contribution in [1.82, 2.24) is 4.98 Å². The summed E-state index contributed by atoms with van der Waals surface area (Å²) in [7, 11) is 0. The number of nitriles is 1. The van der Waals surface area contributed by atoms with Crippen molar-refractivity contribution in [3.63, 3.8) is 0 Å². The minimum absolute atomic E-state index is 0.111. The zero-order valence-corrected chi connectivity index (χ0v) is 17.7. The SMILES string of the molecule is CCOc1cc(/C=N/Nc2ccc([N+](=O)[O-])cn2)cc(Cl)c1OCc1ccccc1C#N. The van der Waals surface area contributed by atoms with Crippen molar-refractivity contribution < 1.29 is 14.4 Å². The van der Waals surface area contributed by atoms with Crippen LogP contribution >= 0.6 is 11.6 Å². The Kier molecular flexibility index (Phi) is 7.56. The first-order valence-corrected chi connectivity index (χ1v) is 9.86. The van der Waals surface area contributed by atoms with Gasteiger partial charge in [-0.3, -0.25) is 15.5 Å². The van der Waals surface area contributed by atoms with Crippen LogP contribution in [0, 0.1) is 21.4 Å². The average molecular weight is 452 g/mol. The Bertz CT molecular complexity index is 1180. The van der Waals surface area contributed by atoms with Crippen molar-refractivity contribution in [2.45, 2.75) is 13.5 Å². The second kappa shape index (κ2) is 10.7. The van der Waals surface area contributed by atoms with Crippen LogP contribution in [0.15, 0.2) is 59.8 Å². The van der Waals surface area contributed by atoms with E-state index in [0.29, 0.717) is 40.1 Å². The summed E-state index contributed by atoms with van der Waals surface area (Å²) in [4.78, 5) is 14.1. The average Bonchev–Trinajstić information content (AvgIpc) is 2.79. The van der Waals surface area contributed by atoms with Gasteiger partial charge >= 0.3 is 0 Å². The van der Waals surface area contributed by atoms with Gasteiger partial charge in [0, 0.05) is 11.6 Å². The second-order valence-corrected chi connectivity index (χ2v) is 6.76. The predicted molar refractivity (Wildman–Crippen MR) is 120 cm³/mol. The summed E-state index contributed by atoms with van der Waals surface area (Å²) in [6, 6.07) is 15.4.